The van der Waals surface area contributed by atoms with E-state index in [1.54, 1.807) is 6.07 Å². The summed E-state index contributed by atoms with van der Waals surface area (Å²) in [6.45, 7) is 2.89. The summed E-state index contributed by atoms with van der Waals surface area (Å²) in [6.07, 6.45) is 0.127. The molecule has 6 heteroatoms. The van der Waals surface area contributed by atoms with Gasteiger partial charge in [-0.15, -0.1) is 0 Å². The number of carbonyl (C=O) groups is 1. The molecule has 19 heavy (non-hydrogen) atoms. The number of nitrogens with two attached hydrogens (primary N) is 2. The Morgan fingerprint density at radius 2 is 2.37 bits per heavy atom. The highest BCUT2D eigenvalue weighted by atomic mass is 19.1. The zero-order valence-corrected chi connectivity index (χ0v) is 10.8. The van der Waals surface area contributed by atoms with Crippen molar-refractivity contribution in [3.05, 3.63) is 29.6 Å². The third-order valence-electron chi connectivity index (χ3n) is 3.35. The van der Waals surface area contributed by atoms with Crippen LogP contribution < -0.4 is 16.4 Å². The zero-order chi connectivity index (χ0) is 14.0. The fourth-order valence-corrected chi connectivity index (χ4v) is 2.26. The highest BCUT2D eigenvalue weighted by Crippen LogP contribution is 2.32. The number of halogens is 1. The quantitative estimate of drug-likeness (QED) is 0.866. The van der Waals surface area contributed by atoms with Gasteiger partial charge in [0.1, 0.15) is 12.4 Å². The average Bonchev–Trinajstić information content (AvgIpc) is 2.29. The van der Waals surface area contributed by atoms with Gasteiger partial charge in [-0.05, 0) is 37.1 Å². The van der Waals surface area contributed by atoms with Crippen molar-refractivity contribution in [1.29, 1.82) is 0 Å². The molecule has 1 aromatic carbocycles. The van der Waals surface area contributed by atoms with Crippen LogP contribution in [-0.2, 0) is 4.74 Å². The van der Waals surface area contributed by atoms with Crippen LogP contribution in [0.15, 0.2) is 18.2 Å². The first-order valence-corrected chi connectivity index (χ1v) is 6.23. The fraction of sp³-hybridized carbons (Fsp3) is 0.462. The third kappa shape index (κ3) is 2.96. The molecule has 2 rings (SSSR count). The molecule has 104 valence electrons. The maximum atomic E-state index is 13.3. The summed E-state index contributed by atoms with van der Waals surface area (Å²) in [5.74, 6) is -0.304. The molecule has 1 heterocycles. The molecule has 0 bridgehead atoms. The van der Waals surface area contributed by atoms with Crippen molar-refractivity contribution in [3.8, 4) is 0 Å². The number of hydrogen-bond donors (Lipinski definition) is 2. The highest BCUT2D eigenvalue weighted by Gasteiger charge is 2.31. The number of nitrogens with zero attached hydrogens (tertiary/aromatic N) is 1. The van der Waals surface area contributed by atoms with E-state index in [2.05, 4.69) is 4.90 Å². The zero-order valence-electron chi connectivity index (χ0n) is 10.8. The van der Waals surface area contributed by atoms with E-state index in [1.165, 1.54) is 12.1 Å². The number of amides is 1. The minimum absolute atomic E-state index is 0.0791. The minimum Gasteiger partial charge on any atom is -0.448 e. The lowest BCUT2D eigenvalue weighted by Gasteiger charge is -2.43. The van der Waals surface area contributed by atoms with Crippen molar-refractivity contribution < 1.29 is 13.9 Å². The van der Waals surface area contributed by atoms with Crippen molar-refractivity contribution in [2.45, 2.75) is 25.4 Å². The molecule has 1 unspecified atom stereocenters. The summed E-state index contributed by atoms with van der Waals surface area (Å²) in [4.78, 5) is 12.7. The topological polar surface area (TPSA) is 81.6 Å². The molecule has 5 nitrogen and oxygen atoms in total. The Labute approximate surface area is 111 Å². The molecule has 1 fully saturated rings. The van der Waals surface area contributed by atoms with Gasteiger partial charge in [0.15, 0.2) is 0 Å². The van der Waals surface area contributed by atoms with Crippen molar-refractivity contribution in [3.63, 3.8) is 0 Å². The predicted molar refractivity (Wildman–Crippen MR) is 70.3 cm³/mol. The summed E-state index contributed by atoms with van der Waals surface area (Å²) < 4.78 is 18.1. The molecule has 0 spiro atoms. The van der Waals surface area contributed by atoms with Crippen LogP contribution in [0.25, 0.3) is 0 Å². The summed E-state index contributed by atoms with van der Waals surface area (Å²) in [5.41, 5.74) is 12.5. The van der Waals surface area contributed by atoms with Gasteiger partial charge in [-0.25, -0.2) is 9.18 Å². The monoisotopic (exact) mass is 267 g/mol. The second kappa shape index (κ2) is 5.44. The molecule has 0 radical (unpaired) electrons. The van der Waals surface area contributed by atoms with E-state index < -0.39 is 6.09 Å². The average molecular weight is 267 g/mol. The molecule has 0 aliphatic carbocycles. The van der Waals surface area contributed by atoms with Gasteiger partial charge in [0.25, 0.3) is 0 Å². The Morgan fingerprint density at radius 3 is 2.89 bits per heavy atom. The van der Waals surface area contributed by atoms with E-state index in [4.69, 9.17) is 16.2 Å². The van der Waals surface area contributed by atoms with Gasteiger partial charge in [-0.2, -0.15) is 0 Å². The molecule has 0 saturated carbocycles. The normalized spacial score (nSPS) is 19.7. The molecule has 4 N–H and O–H groups in total. The number of ether oxygens (including phenoxy) is 1. The van der Waals surface area contributed by atoms with E-state index >= 15 is 0 Å². The Kier molecular flexibility index (Phi) is 3.90. The maximum absolute atomic E-state index is 13.3. The lowest BCUT2D eigenvalue weighted by atomic mass is 9.98. The summed E-state index contributed by atoms with van der Waals surface area (Å²) in [6, 6.07) is 4.39. The van der Waals surface area contributed by atoms with Crippen molar-refractivity contribution in [1.82, 2.24) is 0 Å². The number of hydrogen-bond acceptors (Lipinski definition) is 4. The smallest absolute Gasteiger partial charge is 0.404 e. The standard InChI is InChI=1S/C13H18FN3O2/c1-8(15)11-6-9(14)2-3-12(11)17-5-4-10(17)7-19-13(16)18/h2-3,6,8,10H,4-5,7,15H2,1H3,(H2,16,18)/t8-,10?/m1/s1. The van der Waals surface area contributed by atoms with E-state index in [-0.39, 0.29) is 24.5 Å². The molecule has 1 aliphatic heterocycles. The van der Waals surface area contributed by atoms with Crippen LogP contribution in [-0.4, -0.2) is 25.3 Å². The summed E-state index contributed by atoms with van der Waals surface area (Å²) in [5, 5.41) is 0. The number of carbonyl (C=O) groups excluding carboxylic acids is 1. The predicted octanol–water partition coefficient (Wildman–Crippen LogP) is 1.52. The second-order valence-corrected chi connectivity index (χ2v) is 4.76. The first-order valence-electron chi connectivity index (χ1n) is 6.23. The Bertz CT molecular complexity index is 479. The molecule has 1 amide bonds. The molecule has 2 atom stereocenters. The molecule has 1 aromatic rings. The number of anilines is 1. The number of primary amides is 1. The SMILES string of the molecule is C[C@@H](N)c1cc(F)ccc1N1CCC1COC(N)=O. The van der Waals surface area contributed by atoms with Crippen LogP contribution in [0.2, 0.25) is 0 Å². The fourth-order valence-electron chi connectivity index (χ4n) is 2.26. The van der Waals surface area contributed by atoms with Gasteiger partial charge in [0, 0.05) is 18.3 Å². The van der Waals surface area contributed by atoms with E-state index in [9.17, 15) is 9.18 Å². The molecule has 0 aromatic heterocycles. The van der Waals surface area contributed by atoms with E-state index in [0.717, 1.165) is 24.2 Å². The van der Waals surface area contributed by atoms with Crippen LogP contribution in [0.4, 0.5) is 14.9 Å². The number of rotatable bonds is 4. The Morgan fingerprint density at radius 1 is 1.63 bits per heavy atom. The van der Waals surface area contributed by atoms with Gasteiger partial charge >= 0.3 is 6.09 Å². The van der Waals surface area contributed by atoms with Crippen LogP contribution in [0, 0.1) is 5.82 Å². The van der Waals surface area contributed by atoms with Crippen molar-refractivity contribution in [2.75, 3.05) is 18.1 Å². The Hall–Kier alpha value is -1.82. The first-order chi connectivity index (χ1) is 8.99. The van der Waals surface area contributed by atoms with E-state index in [1.807, 2.05) is 6.92 Å². The van der Waals surface area contributed by atoms with Gasteiger partial charge in [0.2, 0.25) is 0 Å². The van der Waals surface area contributed by atoms with Gasteiger partial charge < -0.3 is 21.1 Å². The molecular formula is C13H18FN3O2. The van der Waals surface area contributed by atoms with Crippen LogP contribution >= 0.6 is 0 Å². The van der Waals surface area contributed by atoms with Gasteiger partial charge in [-0.3, -0.25) is 0 Å². The third-order valence-corrected chi connectivity index (χ3v) is 3.35. The second-order valence-electron chi connectivity index (χ2n) is 4.76. The van der Waals surface area contributed by atoms with E-state index in [0.29, 0.717) is 0 Å². The van der Waals surface area contributed by atoms with Crippen molar-refractivity contribution >= 4 is 11.8 Å². The van der Waals surface area contributed by atoms with Crippen LogP contribution in [0.5, 0.6) is 0 Å². The van der Waals surface area contributed by atoms with Gasteiger partial charge in [0.05, 0.1) is 6.04 Å². The number of benzene rings is 1. The maximum Gasteiger partial charge on any atom is 0.404 e. The minimum atomic E-state index is -0.779. The molecule has 1 aliphatic rings. The summed E-state index contributed by atoms with van der Waals surface area (Å²) >= 11 is 0. The Balaban J connectivity index is 2.15. The molecular weight excluding hydrogens is 249 g/mol. The largest absolute Gasteiger partial charge is 0.448 e. The van der Waals surface area contributed by atoms with Crippen molar-refractivity contribution in [2.24, 2.45) is 11.5 Å². The lowest BCUT2D eigenvalue weighted by molar-refractivity contribution is 0.138. The summed E-state index contributed by atoms with van der Waals surface area (Å²) in [7, 11) is 0. The first kappa shape index (κ1) is 13.6. The molecule has 1 saturated heterocycles. The lowest BCUT2D eigenvalue weighted by Crippen LogP contribution is -2.51. The van der Waals surface area contributed by atoms with Gasteiger partial charge in [-0.1, -0.05) is 0 Å². The van der Waals surface area contributed by atoms with Crippen LogP contribution in [0.1, 0.15) is 24.9 Å². The van der Waals surface area contributed by atoms with Crippen LogP contribution in [0.3, 0.4) is 0 Å². The highest BCUT2D eigenvalue weighted by molar-refractivity contribution is 5.65.